The fourth-order valence-electron chi connectivity index (χ4n) is 4.03. The number of rotatable bonds is 8. The van der Waals surface area contributed by atoms with Crippen LogP contribution in [0.3, 0.4) is 0 Å². The molecule has 0 aromatic heterocycles. The first-order chi connectivity index (χ1) is 18.3. The van der Waals surface area contributed by atoms with Crippen LogP contribution in [0.2, 0.25) is 0 Å². The highest BCUT2D eigenvalue weighted by Gasteiger charge is 2.45. The first kappa shape index (κ1) is 28.2. The number of benzene rings is 3. The van der Waals surface area contributed by atoms with Gasteiger partial charge in [0.1, 0.15) is 29.4 Å². The van der Waals surface area contributed by atoms with Gasteiger partial charge in [-0.25, -0.2) is 14.1 Å². The molecular formula is C29H32FN3O5. The zero-order valence-electron chi connectivity index (χ0n) is 22.1. The van der Waals surface area contributed by atoms with Crippen molar-refractivity contribution >= 4 is 23.5 Å². The summed E-state index contributed by atoms with van der Waals surface area (Å²) in [4.78, 5) is 40.7. The van der Waals surface area contributed by atoms with E-state index in [1.54, 1.807) is 61.5 Å². The molecule has 1 aliphatic rings. The van der Waals surface area contributed by atoms with Crippen LogP contribution in [-0.2, 0) is 16.0 Å². The molecule has 0 unspecified atom stereocenters. The van der Waals surface area contributed by atoms with Crippen LogP contribution in [0.5, 0.6) is 11.5 Å². The SMILES string of the molecule is CC.COc1ccc(C[C@@H](C(=O)Nc2ccc(C)cc2F)N2C(=O)N[C@H](c3ccc(OC)cc3)C2=O)cc1. The van der Waals surface area contributed by atoms with Crippen molar-refractivity contribution in [2.75, 3.05) is 19.5 Å². The molecule has 1 saturated heterocycles. The number of nitrogens with one attached hydrogen (secondary N) is 2. The maximum atomic E-state index is 14.5. The Morgan fingerprint density at radius 3 is 2.11 bits per heavy atom. The van der Waals surface area contributed by atoms with Gasteiger partial charge in [-0.05, 0) is 60.0 Å². The van der Waals surface area contributed by atoms with E-state index in [0.717, 1.165) is 4.90 Å². The van der Waals surface area contributed by atoms with E-state index in [2.05, 4.69) is 10.6 Å². The lowest BCUT2D eigenvalue weighted by molar-refractivity contribution is -0.134. The van der Waals surface area contributed by atoms with Gasteiger partial charge in [-0.3, -0.25) is 9.59 Å². The number of hydrogen-bond donors (Lipinski definition) is 2. The molecule has 3 aromatic rings. The van der Waals surface area contributed by atoms with Crippen LogP contribution in [0, 0.1) is 12.7 Å². The predicted molar refractivity (Wildman–Crippen MR) is 143 cm³/mol. The minimum absolute atomic E-state index is 0.0256. The van der Waals surface area contributed by atoms with Gasteiger partial charge >= 0.3 is 6.03 Å². The third-order valence-corrected chi connectivity index (χ3v) is 6.01. The number of imide groups is 1. The molecule has 38 heavy (non-hydrogen) atoms. The number of halogens is 1. The van der Waals surface area contributed by atoms with Crippen molar-refractivity contribution in [2.24, 2.45) is 0 Å². The molecule has 2 atom stereocenters. The maximum Gasteiger partial charge on any atom is 0.325 e. The number of anilines is 1. The molecule has 0 aliphatic carbocycles. The number of carbonyl (C=O) groups excluding carboxylic acids is 3. The van der Waals surface area contributed by atoms with Crippen LogP contribution in [0.15, 0.2) is 66.7 Å². The fraction of sp³-hybridized carbons (Fsp3) is 0.276. The van der Waals surface area contributed by atoms with E-state index in [1.807, 2.05) is 13.8 Å². The van der Waals surface area contributed by atoms with Crippen LogP contribution in [0.1, 0.15) is 36.6 Å². The maximum absolute atomic E-state index is 14.5. The predicted octanol–water partition coefficient (Wildman–Crippen LogP) is 5.02. The summed E-state index contributed by atoms with van der Waals surface area (Å²) in [6.07, 6.45) is 0.0256. The summed E-state index contributed by atoms with van der Waals surface area (Å²) in [6.45, 7) is 5.73. The minimum atomic E-state index is -1.23. The van der Waals surface area contributed by atoms with Crippen molar-refractivity contribution in [3.63, 3.8) is 0 Å². The molecular weight excluding hydrogens is 489 g/mol. The van der Waals surface area contributed by atoms with E-state index < -0.39 is 35.7 Å². The average Bonchev–Trinajstić information content (AvgIpc) is 3.23. The smallest absolute Gasteiger partial charge is 0.325 e. The normalized spacial score (nSPS) is 15.2. The molecule has 8 nitrogen and oxygen atoms in total. The van der Waals surface area contributed by atoms with E-state index in [-0.39, 0.29) is 12.1 Å². The van der Waals surface area contributed by atoms with Gasteiger partial charge in [0.05, 0.1) is 19.9 Å². The van der Waals surface area contributed by atoms with Gasteiger partial charge in [0, 0.05) is 6.42 Å². The second-order valence-electron chi connectivity index (χ2n) is 8.40. The molecule has 200 valence electrons. The number of amides is 4. The molecule has 0 spiro atoms. The van der Waals surface area contributed by atoms with Gasteiger partial charge in [-0.15, -0.1) is 0 Å². The van der Waals surface area contributed by atoms with Crippen LogP contribution in [-0.4, -0.2) is 43.0 Å². The Bertz CT molecular complexity index is 1280. The third-order valence-electron chi connectivity index (χ3n) is 6.01. The summed E-state index contributed by atoms with van der Waals surface area (Å²) in [6, 6.07) is 15.1. The molecule has 4 rings (SSSR count). The zero-order chi connectivity index (χ0) is 27.8. The number of carbonyl (C=O) groups is 3. The summed E-state index contributed by atoms with van der Waals surface area (Å²) in [5.74, 6) is -0.657. The van der Waals surface area contributed by atoms with E-state index in [9.17, 15) is 18.8 Å². The Hall–Kier alpha value is -4.40. The Balaban J connectivity index is 0.00000195. The summed E-state index contributed by atoms with van der Waals surface area (Å²) < 4.78 is 24.8. The van der Waals surface area contributed by atoms with Gasteiger partial charge in [0.15, 0.2) is 0 Å². The number of methoxy groups -OCH3 is 2. The molecule has 9 heteroatoms. The van der Waals surface area contributed by atoms with Gasteiger partial charge in [-0.2, -0.15) is 0 Å². The lowest BCUT2D eigenvalue weighted by Gasteiger charge is -2.25. The van der Waals surface area contributed by atoms with Crippen LogP contribution in [0.25, 0.3) is 0 Å². The number of aryl methyl sites for hydroxylation is 1. The molecule has 0 bridgehead atoms. The second kappa shape index (κ2) is 12.7. The monoisotopic (exact) mass is 521 g/mol. The van der Waals surface area contributed by atoms with E-state index in [1.165, 1.54) is 26.4 Å². The minimum Gasteiger partial charge on any atom is -0.497 e. The van der Waals surface area contributed by atoms with E-state index in [0.29, 0.717) is 28.2 Å². The highest BCUT2D eigenvalue weighted by Crippen LogP contribution is 2.28. The zero-order valence-corrected chi connectivity index (χ0v) is 22.1. The molecule has 1 heterocycles. The average molecular weight is 522 g/mol. The van der Waals surface area contributed by atoms with Gasteiger partial charge in [0.25, 0.3) is 5.91 Å². The first-order valence-corrected chi connectivity index (χ1v) is 12.3. The standard InChI is InChI=1S/C27H26FN3O5.C2H6/c1-16-4-13-22(21(28)14-16)29-25(32)23(15-17-5-9-19(35-2)10-6-17)31-26(33)24(30-27(31)34)18-7-11-20(36-3)12-8-18;1-2/h4-14,23-24H,15H2,1-3H3,(H,29,32)(H,30,34);1-2H3/t23-,24+;/m0./s1. The highest BCUT2D eigenvalue weighted by atomic mass is 19.1. The molecule has 0 saturated carbocycles. The second-order valence-corrected chi connectivity index (χ2v) is 8.40. The number of urea groups is 1. The summed E-state index contributed by atoms with van der Waals surface area (Å²) in [7, 11) is 3.06. The Morgan fingerprint density at radius 1 is 0.974 bits per heavy atom. The third kappa shape index (κ3) is 6.29. The first-order valence-electron chi connectivity index (χ1n) is 12.3. The molecule has 1 aliphatic heterocycles. The van der Waals surface area contributed by atoms with Crippen molar-refractivity contribution in [1.29, 1.82) is 0 Å². The molecule has 1 fully saturated rings. The van der Waals surface area contributed by atoms with Crippen LogP contribution < -0.4 is 20.1 Å². The topological polar surface area (TPSA) is 97.0 Å². The van der Waals surface area contributed by atoms with E-state index >= 15 is 0 Å². The van der Waals surface area contributed by atoms with Crippen LogP contribution in [0.4, 0.5) is 14.9 Å². The van der Waals surface area contributed by atoms with Gasteiger partial charge in [-0.1, -0.05) is 44.2 Å². The van der Waals surface area contributed by atoms with Crippen molar-refractivity contribution in [3.8, 4) is 11.5 Å². The van der Waals surface area contributed by atoms with Crippen molar-refractivity contribution in [1.82, 2.24) is 10.2 Å². The summed E-state index contributed by atoms with van der Waals surface area (Å²) in [5, 5.41) is 5.19. The quantitative estimate of drug-likeness (QED) is 0.406. The molecule has 2 N–H and O–H groups in total. The number of ether oxygens (including phenoxy) is 2. The lowest BCUT2D eigenvalue weighted by atomic mass is 10.0. The van der Waals surface area contributed by atoms with Crippen LogP contribution >= 0.6 is 0 Å². The summed E-state index contributed by atoms with van der Waals surface area (Å²) in [5.41, 5.74) is 1.89. The molecule has 4 amide bonds. The Morgan fingerprint density at radius 2 is 1.55 bits per heavy atom. The highest BCUT2D eigenvalue weighted by molar-refractivity contribution is 6.09. The van der Waals surface area contributed by atoms with Crippen molar-refractivity contribution < 1.29 is 28.2 Å². The van der Waals surface area contributed by atoms with Crippen molar-refractivity contribution in [2.45, 2.75) is 39.3 Å². The van der Waals surface area contributed by atoms with E-state index in [4.69, 9.17) is 9.47 Å². The Kier molecular flexibility index (Phi) is 9.43. The number of nitrogens with zero attached hydrogens (tertiary/aromatic N) is 1. The summed E-state index contributed by atoms with van der Waals surface area (Å²) >= 11 is 0. The van der Waals surface area contributed by atoms with Crippen molar-refractivity contribution in [3.05, 3.63) is 89.2 Å². The van der Waals surface area contributed by atoms with Gasteiger partial charge < -0.3 is 20.1 Å². The van der Waals surface area contributed by atoms with Gasteiger partial charge in [0.2, 0.25) is 5.91 Å². The fourth-order valence-corrected chi connectivity index (χ4v) is 4.03. The number of hydrogen-bond acceptors (Lipinski definition) is 5. The largest absolute Gasteiger partial charge is 0.497 e. The Labute approximate surface area is 221 Å². The molecule has 3 aromatic carbocycles. The molecule has 0 radical (unpaired) electrons. The lowest BCUT2D eigenvalue weighted by Crippen LogP contribution is -2.49.